The third kappa shape index (κ3) is 10.7. The Morgan fingerprint density at radius 2 is 1.43 bits per heavy atom. The summed E-state index contributed by atoms with van der Waals surface area (Å²) < 4.78 is 11.0. The second kappa shape index (κ2) is 16.4. The predicted molar refractivity (Wildman–Crippen MR) is 115 cm³/mol. The fourth-order valence-corrected chi connectivity index (χ4v) is 3.57. The van der Waals surface area contributed by atoms with E-state index < -0.39 is 0 Å². The molecule has 0 bridgehead atoms. The van der Waals surface area contributed by atoms with E-state index in [2.05, 4.69) is 6.92 Å². The zero-order chi connectivity index (χ0) is 20.5. The third-order valence-corrected chi connectivity index (χ3v) is 5.31. The van der Waals surface area contributed by atoms with Gasteiger partial charge in [0.2, 0.25) is 0 Å². The van der Waals surface area contributed by atoms with Gasteiger partial charge < -0.3 is 13.9 Å². The van der Waals surface area contributed by atoms with Gasteiger partial charge in [-0.1, -0.05) is 71.1 Å². The molecule has 28 heavy (non-hydrogen) atoms. The summed E-state index contributed by atoms with van der Waals surface area (Å²) >= 11 is 0. The van der Waals surface area contributed by atoms with Gasteiger partial charge in [0.1, 0.15) is 17.8 Å². The number of aryl methyl sites for hydroxylation is 1. The van der Waals surface area contributed by atoms with Gasteiger partial charge in [-0.05, 0) is 25.7 Å². The van der Waals surface area contributed by atoms with Gasteiger partial charge in [-0.2, -0.15) is 0 Å². The minimum Gasteiger partial charge on any atom is -0.496 e. The molecule has 0 aliphatic carbocycles. The Balaban J connectivity index is 2.33. The van der Waals surface area contributed by atoms with Crippen LogP contribution in [0.25, 0.3) is 0 Å². The van der Waals surface area contributed by atoms with E-state index in [1.807, 2.05) is 6.07 Å². The standard InChI is InChI=1S/C24H40O4/c1-3-4-5-6-11-14-17-21-20-23(27-2)22(24(26)28-21)18-15-12-9-7-8-10-13-16-19-25/h19-20H,3-18H2,1-2H3. The molecular weight excluding hydrogens is 352 g/mol. The van der Waals surface area contributed by atoms with E-state index in [1.165, 1.54) is 51.4 Å². The summed E-state index contributed by atoms with van der Waals surface area (Å²) in [4.78, 5) is 22.7. The number of aldehydes is 1. The van der Waals surface area contributed by atoms with E-state index in [4.69, 9.17) is 9.15 Å². The minimum atomic E-state index is -0.228. The van der Waals surface area contributed by atoms with E-state index >= 15 is 0 Å². The van der Waals surface area contributed by atoms with Crippen LogP contribution in [0.4, 0.5) is 0 Å². The molecule has 1 heterocycles. The maximum Gasteiger partial charge on any atom is 0.342 e. The van der Waals surface area contributed by atoms with Gasteiger partial charge in [-0.3, -0.25) is 0 Å². The summed E-state index contributed by atoms with van der Waals surface area (Å²) in [7, 11) is 1.63. The zero-order valence-corrected chi connectivity index (χ0v) is 18.1. The third-order valence-electron chi connectivity index (χ3n) is 5.31. The molecule has 1 aromatic heterocycles. The minimum absolute atomic E-state index is 0.228. The van der Waals surface area contributed by atoms with Crippen LogP contribution in [-0.2, 0) is 17.6 Å². The van der Waals surface area contributed by atoms with Crippen LogP contribution in [0.5, 0.6) is 5.75 Å². The van der Waals surface area contributed by atoms with Gasteiger partial charge in [0, 0.05) is 18.9 Å². The van der Waals surface area contributed by atoms with Gasteiger partial charge in [0.25, 0.3) is 0 Å². The highest BCUT2D eigenvalue weighted by Crippen LogP contribution is 2.21. The SMILES string of the molecule is CCCCCCCCc1cc(OC)c(CCCCCCCCCC=O)c(=O)o1. The van der Waals surface area contributed by atoms with Gasteiger partial charge >= 0.3 is 5.63 Å². The van der Waals surface area contributed by atoms with E-state index in [1.54, 1.807) is 7.11 Å². The summed E-state index contributed by atoms with van der Waals surface area (Å²) in [5.41, 5.74) is 0.453. The Hall–Kier alpha value is -1.58. The molecule has 160 valence electrons. The lowest BCUT2D eigenvalue weighted by Crippen LogP contribution is -2.11. The molecule has 1 rings (SSSR count). The number of rotatable bonds is 18. The summed E-state index contributed by atoms with van der Waals surface area (Å²) in [6.07, 6.45) is 18.3. The topological polar surface area (TPSA) is 56.5 Å². The second-order valence-electron chi connectivity index (χ2n) is 7.75. The van der Waals surface area contributed by atoms with Crippen molar-refractivity contribution in [2.45, 2.75) is 110 Å². The number of methoxy groups -OCH3 is 1. The van der Waals surface area contributed by atoms with Crippen molar-refractivity contribution in [3.05, 3.63) is 27.8 Å². The first kappa shape index (κ1) is 24.5. The quantitative estimate of drug-likeness (QED) is 0.214. The van der Waals surface area contributed by atoms with Crippen molar-refractivity contribution in [3.63, 3.8) is 0 Å². The molecule has 0 amide bonds. The summed E-state index contributed by atoms with van der Waals surface area (Å²) in [5.74, 6) is 1.43. The first-order chi connectivity index (χ1) is 13.7. The highest BCUT2D eigenvalue weighted by Gasteiger charge is 2.12. The fourth-order valence-electron chi connectivity index (χ4n) is 3.57. The fraction of sp³-hybridized carbons (Fsp3) is 0.750. The molecule has 0 unspecified atom stereocenters. The summed E-state index contributed by atoms with van der Waals surface area (Å²) in [6.45, 7) is 2.22. The highest BCUT2D eigenvalue weighted by molar-refractivity contribution is 5.48. The molecule has 0 saturated carbocycles. The molecule has 0 aliphatic rings. The Kier molecular flexibility index (Phi) is 14.3. The van der Waals surface area contributed by atoms with Crippen LogP contribution in [0, 0.1) is 0 Å². The maximum absolute atomic E-state index is 12.4. The normalized spacial score (nSPS) is 10.9. The van der Waals surface area contributed by atoms with E-state index in [-0.39, 0.29) is 5.63 Å². The predicted octanol–water partition coefficient (Wildman–Crippen LogP) is 6.41. The highest BCUT2D eigenvalue weighted by atomic mass is 16.5. The molecule has 0 spiro atoms. The first-order valence-corrected chi connectivity index (χ1v) is 11.4. The van der Waals surface area contributed by atoms with Crippen molar-refractivity contribution < 1.29 is 13.9 Å². The van der Waals surface area contributed by atoms with E-state index in [0.717, 1.165) is 50.6 Å². The van der Waals surface area contributed by atoms with Crippen LogP contribution in [-0.4, -0.2) is 13.4 Å². The molecule has 0 atom stereocenters. The molecule has 0 N–H and O–H groups in total. The Labute approximate surface area is 171 Å². The molecule has 0 fully saturated rings. The number of ether oxygens (including phenoxy) is 1. The van der Waals surface area contributed by atoms with Gasteiger partial charge in [-0.15, -0.1) is 0 Å². The molecular formula is C24H40O4. The summed E-state index contributed by atoms with van der Waals surface area (Å²) in [5, 5.41) is 0. The molecule has 0 radical (unpaired) electrons. The lowest BCUT2D eigenvalue weighted by atomic mass is 10.0. The van der Waals surface area contributed by atoms with Crippen molar-refractivity contribution in [3.8, 4) is 5.75 Å². The molecule has 4 nitrogen and oxygen atoms in total. The van der Waals surface area contributed by atoms with Crippen LogP contribution in [0.3, 0.4) is 0 Å². The Morgan fingerprint density at radius 1 is 0.857 bits per heavy atom. The lowest BCUT2D eigenvalue weighted by Gasteiger charge is -2.09. The number of hydrogen-bond acceptors (Lipinski definition) is 4. The van der Waals surface area contributed by atoms with Crippen molar-refractivity contribution in [1.29, 1.82) is 0 Å². The van der Waals surface area contributed by atoms with Crippen molar-refractivity contribution in [2.75, 3.05) is 7.11 Å². The molecule has 4 heteroatoms. The second-order valence-corrected chi connectivity index (χ2v) is 7.75. The number of carbonyl (C=O) groups is 1. The first-order valence-electron chi connectivity index (χ1n) is 11.4. The van der Waals surface area contributed by atoms with Gasteiger partial charge in [0.05, 0.1) is 12.7 Å². The van der Waals surface area contributed by atoms with Crippen molar-refractivity contribution in [1.82, 2.24) is 0 Å². The van der Waals surface area contributed by atoms with Crippen LogP contribution in [0.1, 0.15) is 108 Å². The average molecular weight is 393 g/mol. The number of hydrogen-bond donors (Lipinski definition) is 0. The average Bonchev–Trinajstić information content (AvgIpc) is 2.70. The number of unbranched alkanes of at least 4 members (excludes halogenated alkanes) is 12. The zero-order valence-electron chi connectivity index (χ0n) is 18.1. The Bertz CT molecular complexity index is 576. The van der Waals surface area contributed by atoms with Crippen LogP contribution in [0.2, 0.25) is 0 Å². The largest absolute Gasteiger partial charge is 0.496 e. The number of carbonyl (C=O) groups excluding carboxylic acids is 1. The molecule has 0 aliphatic heterocycles. The maximum atomic E-state index is 12.4. The smallest absolute Gasteiger partial charge is 0.342 e. The van der Waals surface area contributed by atoms with Crippen molar-refractivity contribution in [2.24, 2.45) is 0 Å². The van der Waals surface area contributed by atoms with E-state index in [0.29, 0.717) is 24.2 Å². The lowest BCUT2D eigenvalue weighted by molar-refractivity contribution is -0.107. The molecule has 0 aromatic carbocycles. The molecule has 0 saturated heterocycles. The molecule has 1 aromatic rings. The van der Waals surface area contributed by atoms with E-state index in [9.17, 15) is 9.59 Å². The van der Waals surface area contributed by atoms with Crippen LogP contribution < -0.4 is 10.4 Å². The van der Waals surface area contributed by atoms with Gasteiger partial charge in [0.15, 0.2) is 0 Å². The van der Waals surface area contributed by atoms with Gasteiger partial charge in [-0.25, -0.2) is 4.79 Å². The van der Waals surface area contributed by atoms with Crippen LogP contribution in [0.15, 0.2) is 15.3 Å². The monoisotopic (exact) mass is 392 g/mol. The van der Waals surface area contributed by atoms with Crippen LogP contribution >= 0.6 is 0 Å². The summed E-state index contributed by atoms with van der Waals surface area (Å²) in [6, 6.07) is 1.91. The van der Waals surface area contributed by atoms with Crippen molar-refractivity contribution >= 4 is 6.29 Å². The Morgan fingerprint density at radius 3 is 2.04 bits per heavy atom.